The van der Waals surface area contributed by atoms with Crippen molar-refractivity contribution in [2.45, 2.75) is 38.3 Å². The number of aromatic nitrogens is 2. The summed E-state index contributed by atoms with van der Waals surface area (Å²) in [7, 11) is 0. The van der Waals surface area contributed by atoms with E-state index < -0.39 is 18.2 Å². The summed E-state index contributed by atoms with van der Waals surface area (Å²) in [6.45, 7) is 2.82. The molecule has 1 aromatic rings. The molecule has 1 heterocycles. The predicted octanol–water partition coefficient (Wildman–Crippen LogP) is 1.82. The smallest absolute Gasteiger partial charge is 0.372 e. The molecule has 0 saturated heterocycles. The molecule has 0 aromatic carbocycles. The van der Waals surface area contributed by atoms with Gasteiger partial charge >= 0.3 is 6.18 Å². The number of ether oxygens (including phenoxy) is 1. The van der Waals surface area contributed by atoms with Gasteiger partial charge in [-0.15, -0.1) is 0 Å². The lowest BCUT2D eigenvalue weighted by molar-refractivity contribution is -0.173. The molecule has 19 heavy (non-hydrogen) atoms. The molecule has 0 aliphatic carbocycles. The van der Waals surface area contributed by atoms with E-state index in [9.17, 15) is 13.2 Å². The topological polar surface area (TPSA) is 74.2 Å². The van der Waals surface area contributed by atoms with Crippen LogP contribution >= 0.6 is 0 Å². The first-order valence-electron chi connectivity index (χ1n) is 5.98. The summed E-state index contributed by atoms with van der Waals surface area (Å²) in [5.41, 5.74) is 5.25. The monoisotopic (exact) mass is 281 g/mol. The highest BCUT2D eigenvalue weighted by molar-refractivity contribution is 5.03. The molecule has 0 saturated carbocycles. The average Bonchev–Trinajstić information content (AvgIpc) is 2.82. The van der Waals surface area contributed by atoms with Crippen molar-refractivity contribution >= 4 is 0 Å². The van der Waals surface area contributed by atoms with Gasteiger partial charge in [0.1, 0.15) is 6.61 Å². The van der Waals surface area contributed by atoms with E-state index in [4.69, 9.17) is 10.3 Å². The van der Waals surface area contributed by atoms with Gasteiger partial charge in [-0.1, -0.05) is 12.1 Å². The Balaban J connectivity index is 2.47. The SMILES string of the molecule is CCC(C)(CN)c1nc(CCOCC(F)(F)F)no1. The van der Waals surface area contributed by atoms with Crippen LogP contribution in [0.4, 0.5) is 13.2 Å². The Hall–Kier alpha value is -1.15. The fraction of sp³-hybridized carbons (Fsp3) is 0.818. The lowest BCUT2D eigenvalue weighted by atomic mass is 9.88. The third-order valence-corrected chi connectivity index (χ3v) is 2.95. The Morgan fingerprint density at radius 1 is 1.37 bits per heavy atom. The summed E-state index contributed by atoms with van der Waals surface area (Å²) in [6.07, 6.45) is -3.41. The van der Waals surface area contributed by atoms with Crippen molar-refractivity contribution in [1.82, 2.24) is 10.1 Å². The normalized spacial score (nSPS) is 15.5. The quantitative estimate of drug-likeness (QED) is 0.772. The van der Waals surface area contributed by atoms with E-state index >= 15 is 0 Å². The first kappa shape index (κ1) is 15.9. The summed E-state index contributed by atoms with van der Waals surface area (Å²) in [5.74, 6) is 0.730. The maximum absolute atomic E-state index is 11.8. The molecule has 0 radical (unpaired) electrons. The molecule has 1 atom stereocenters. The third-order valence-electron chi connectivity index (χ3n) is 2.95. The Bertz CT molecular complexity index is 389. The second-order valence-corrected chi connectivity index (χ2v) is 4.55. The van der Waals surface area contributed by atoms with E-state index in [0.717, 1.165) is 6.42 Å². The van der Waals surface area contributed by atoms with Gasteiger partial charge < -0.3 is 15.0 Å². The van der Waals surface area contributed by atoms with Crippen LogP contribution < -0.4 is 5.73 Å². The van der Waals surface area contributed by atoms with Gasteiger partial charge in [-0.3, -0.25) is 0 Å². The van der Waals surface area contributed by atoms with Crippen molar-refractivity contribution < 1.29 is 22.4 Å². The van der Waals surface area contributed by atoms with E-state index in [-0.39, 0.29) is 13.0 Å². The first-order chi connectivity index (χ1) is 8.80. The average molecular weight is 281 g/mol. The van der Waals surface area contributed by atoms with Crippen molar-refractivity contribution in [3.8, 4) is 0 Å². The van der Waals surface area contributed by atoms with E-state index in [1.54, 1.807) is 0 Å². The fourth-order valence-electron chi connectivity index (χ4n) is 1.33. The van der Waals surface area contributed by atoms with Crippen molar-refractivity contribution in [1.29, 1.82) is 0 Å². The first-order valence-corrected chi connectivity index (χ1v) is 5.98. The zero-order valence-electron chi connectivity index (χ0n) is 11.0. The van der Waals surface area contributed by atoms with Gasteiger partial charge in [0.25, 0.3) is 0 Å². The minimum atomic E-state index is -4.32. The summed E-state index contributed by atoms with van der Waals surface area (Å²) in [4.78, 5) is 4.14. The van der Waals surface area contributed by atoms with E-state index in [1.165, 1.54) is 0 Å². The van der Waals surface area contributed by atoms with Gasteiger partial charge in [-0.25, -0.2) is 0 Å². The van der Waals surface area contributed by atoms with Crippen molar-refractivity contribution in [3.63, 3.8) is 0 Å². The number of nitrogens with zero attached hydrogens (tertiary/aromatic N) is 2. The van der Waals surface area contributed by atoms with Gasteiger partial charge in [0, 0.05) is 13.0 Å². The molecule has 0 aliphatic rings. The molecule has 1 rings (SSSR count). The predicted molar refractivity (Wildman–Crippen MR) is 61.6 cm³/mol. The minimum Gasteiger partial charge on any atom is -0.372 e. The van der Waals surface area contributed by atoms with Crippen molar-refractivity contribution in [3.05, 3.63) is 11.7 Å². The molecule has 0 bridgehead atoms. The van der Waals surface area contributed by atoms with E-state index in [0.29, 0.717) is 18.3 Å². The Kier molecular flexibility index (Phi) is 5.30. The standard InChI is InChI=1S/C11H18F3N3O2/c1-3-10(2,6-15)9-16-8(17-19-9)4-5-18-7-11(12,13)14/h3-7,15H2,1-2H3. The Labute approximate surface area is 109 Å². The summed E-state index contributed by atoms with van der Waals surface area (Å²) in [5, 5.41) is 3.71. The molecule has 110 valence electrons. The molecule has 0 aliphatic heterocycles. The third kappa shape index (κ3) is 4.79. The van der Waals surface area contributed by atoms with Crippen LogP contribution in [0.5, 0.6) is 0 Å². The van der Waals surface area contributed by atoms with Crippen LogP contribution in [0.1, 0.15) is 32.0 Å². The fourth-order valence-corrected chi connectivity index (χ4v) is 1.33. The second-order valence-electron chi connectivity index (χ2n) is 4.55. The highest BCUT2D eigenvalue weighted by atomic mass is 19.4. The summed E-state index contributed by atoms with van der Waals surface area (Å²) >= 11 is 0. The highest BCUT2D eigenvalue weighted by Gasteiger charge is 2.30. The molecule has 8 heteroatoms. The Morgan fingerprint density at radius 3 is 2.58 bits per heavy atom. The van der Waals surface area contributed by atoms with Crippen LogP contribution in [0.15, 0.2) is 4.52 Å². The Morgan fingerprint density at radius 2 is 2.05 bits per heavy atom. The van der Waals surface area contributed by atoms with Crippen LogP contribution in [-0.4, -0.2) is 36.1 Å². The molecule has 1 aromatic heterocycles. The zero-order chi connectivity index (χ0) is 14.5. The summed E-state index contributed by atoms with van der Waals surface area (Å²) < 4.78 is 45.1. The number of halogens is 3. The molecular weight excluding hydrogens is 263 g/mol. The van der Waals surface area contributed by atoms with Crippen LogP contribution in [-0.2, 0) is 16.6 Å². The molecule has 0 fully saturated rings. The molecule has 0 spiro atoms. The van der Waals surface area contributed by atoms with E-state index in [1.807, 2.05) is 13.8 Å². The number of nitrogens with two attached hydrogens (primary N) is 1. The lowest BCUT2D eigenvalue weighted by Gasteiger charge is -2.20. The highest BCUT2D eigenvalue weighted by Crippen LogP contribution is 2.24. The molecular formula is C11H18F3N3O2. The number of alkyl halides is 3. The van der Waals surface area contributed by atoms with Gasteiger partial charge in [-0.05, 0) is 13.3 Å². The number of rotatable bonds is 7. The maximum atomic E-state index is 11.8. The molecule has 5 nitrogen and oxygen atoms in total. The maximum Gasteiger partial charge on any atom is 0.411 e. The van der Waals surface area contributed by atoms with Crippen LogP contribution in [0.2, 0.25) is 0 Å². The van der Waals surface area contributed by atoms with Gasteiger partial charge in [-0.2, -0.15) is 18.2 Å². The van der Waals surface area contributed by atoms with Crippen LogP contribution in [0, 0.1) is 0 Å². The largest absolute Gasteiger partial charge is 0.411 e. The zero-order valence-corrected chi connectivity index (χ0v) is 11.0. The number of hydrogen-bond acceptors (Lipinski definition) is 5. The second kappa shape index (κ2) is 6.33. The van der Waals surface area contributed by atoms with Gasteiger partial charge in [0.15, 0.2) is 5.82 Å². The van der Waals surface area contributed by atoms with Gasteiger partial charge in [0.05, 0.1) is 12.0 Å². The van der Waals surface area contributed by atoms with Gasteiger partial charge in [0.2, 0.25) is 5.89 Å². The van der Waals surface area contributed by atoms with E-state index in [2.05, 4.69) is 14.9 Å². The lowest BCUT2D eigenvalue weighted by Crippen LogP contribution is -2.31. The number of hydrogen-bond donors (Lipinski definition) is 1. The van der Waals surface area contributed by atoms with Crippen molar-refractivity contribution in [2.75, 3.05) is 19.8 Å². The minimum absolute atomic E-state index is 0.107. The van der Waals surface area contributed by atoms with Crippen LogP contribution in [0.3, 0.4) is 0 Å². The molecule has 0 amide bonds. The summed E-state index contributed by atoms with van der Waals surface area (Å²) in [6, 6.07) is 0. The van der Waals surface area contributed by atoms with Crippen LogP contribution in [0.25, 0.3) is 0 Å². The van der Waals surface area contributed by atoms with Crippen molar-refractivity contribution in [2.24, 2.45) is 5.73 Å². The molecule has 1 unspecified atom stereocenters. The molecule has 2 N–H and O–H groups in total.